The predicted octanol–water partition coefficient (Wildman–Crippen LogP) is 4.82. The van der Waals surface area contributed by atoms with Gasteiger partial charge >= 0.3 is 0 Å². The first kappa shape index (κ1) is 16.8. The Morgan fingerprint density at radius 2 is 2.00 bits per heavy atom. The highest BCUT2D eigenvalue weighted by atomic mass is 28.3. The molecule has 1 aromatic carbocycles. The van der Waals surface area contributed by atoms with Crippen molar-refractivity contribution in [2.24, 2.45) is 0 Å². The lowest BCUT2D eigenvalue weighted by Crippen LogP contribution is -2.16. The monoisotopic (exact) mass is 292 g/mol. The Balaban J connectivity index is 2.66. The molecule has 0 unspecified atom stereocenters. The smallest absolute Gasteiger partial charge is 0.129 e. The molecular formula is C17H25FOSi. The Bertz CT molecular complexity index is 480. The van der Waals surface area contributed by atoms with Gasteiger partial charge in [-0.2, -0.15) is 0 Å². The second kappa shape index (κ2) is 8.11. The van der Waals surface area contributed by atoms with Crippen LogP contribution >= 0.6 is 0 Å². The summed E-state index contributed by atoms with van der Waals surface area (Å²) in [6, 6.07) is 4.75. The lowest BCUT2D eigenvalue weighted by atomic mass is 10.1. The van der Waals surface area contributed by atoms with Crippen molar-refractivity contribution in [1.29, 1.82) is 0 Å². The van der Waals surface area contributed by atoms with Crippen LogP contribution in [-0.4, -0.2) is 14.7 Å². The molecular weight excluding hydrogens is 267 g/mol. The highest BCUT2D eigenvalue weighted by Gasteiger charge is 2.08. The van der Waals surface area contributed by atoms with Crippen molar-refractivity contribution in [3.05, 3.63) is 29.6 Å². The van der Waals surface area contributed by atoms with E-state index in [-0.39, 0.29) is 5.82 Å². The summed E-state index contributed by atoms with van der Waals surface area (Å²) in [5.41, 5.74) is 4.26. The third-order valence-corrected chi connectivity index (χ3v) is 3.69. The van der Waals surface area contributed by atoms with Gasteiger partial charge in [-0.15, -0.1) is 11.5 Å². The molecule has 0 atom stereocenters. The van der Waals surface area contributed by atoms with Gasteiger partial charge in [-0.25, -0.2) is 4.39 Å². The van der Waals surface area contributed by atoms with E-state index in [4.69, 9.17) is 4.74 Å². The van der Waals surface area contributed by atoms with Crippen molar-refractivity contribution in [3.63, 3.8) is 0 Å². The molecule has 0 aliphatic carbocycles. The van der Waals surface area contributed by atoms with Gasteiger partial charge in [0.2, 0.25) is 0 Å². The van der Waals surface area contributed by atoms with Gasteiger partial charge in [0.05, 0.1) is 6.61 Å². The molecule has 0 heterocycles. The normalized spacial score (nSPS) is 10.8. The van der Waals surface area contributed by atoms with E-state index in [0.717, 1.165) is 37.0 Å². The molecule has 0 aromatic heterocycles. The van der Waals surface area contributed by atoms with Crippen molar-refractivity contribution in [2.75, 3.05) is 6.61 Å². The van der Waals surface area contributed by atoms with Crippen LogP contribution in [0.2, 0.25) is 19.6 Å². The number of rotatable bonds is 6. The molecule has 0 aliphatic rings. The fourth-order valence-corrected chi connectivity index (χ4v) is 2.39. The Morgan fingerprint density at radius 3 is 2.65 bits per heavy atom. The molecule has 1 aromatic rings. The largest absolute Gasteiger partial charge is 0.493 e. The zero-order valence-corrected chi connectivity index (χ0v) is 14.1. The second-order valence-electron chi connectivity index (χ2n) is 6.01. The average Bonchev–Trinajstić information content (AvgIpc) is 2.36. The maximum Gasteiger partial charge on any atom is 0.129 e. The number of aryl methyl sites for hydroxylation is 1. The van der Waals surface area contributed by atoms with E-state index >= 15 is 0 Å². The van der Waals surface area contributed by atoms with Crippen molar-refractivity contribution >= 4 is 8.07 Å². The van der Waals surface area contributed by atoms with Crippen LogP contribution in [0, 0.1) is 17.3 Å². The minimum Gasteiger partial charge on any atom is -0.493 e. The molecule has 1 nitrogen and oxygen atoms in total. The summed E-state index contributed by atoms with van der Waals surface area (Å²) in [6.45, 7) is 9.49. The van der Waals surface area contributed by atoms with Gasteiger partial charge < -0.3 is 4.74 Å². The van der Waals surface area contributed by atoms with Gasteiger partial charge in [0.1, 0.15) is 19.6 Å². The van der Waals surface area contributed by atoms with E-state index < -0.39 is 8.07 Å². The Hall–Kier alpha value is -1.27. The van der Waals surface area contributed by atoms with Crippen LogP contribution in [0.4, 0.5) is 4.39 Å². The van der Waals surface area contributed by atoms with Gasteiger partial charge in [0.15, 0.2) is 0 Å². The quantitative estimate of drug-likeness (QED) is 0.415. The summed E-state index contributed by atoms with van der Waals surface area (Å²) in [7, 11) is -1.31. The summed E-state index contributed by atoms with van der Waals surface area (Å²) < 4.78 is 19.1. The second-order valence-corrected chi connectivity index (χ2v) is 10.8. The van der Waals surface area contributed by atoms with Gasteiger partial charge in [-0.05, 0) is 36.6 Å². The summed E-state index contributed by atoms with van der Waals surface area (Å²) in [5, 5.41) is 0. The molecule has 0 aliphatic heterocycles. The number of hydrogen-bond donors (Lipinski definition) is 0. The van der Waals surface area contributed by atoms with Gasteiger partial charge in [0, 0.05) is 6.42 Å². The first-order chi connectivity index (χ1) is 9.42. The molecule has 0 amide bonds. The third-order valence-electron chi connectivity index (χ3n) is 2.76. The zero-order chi connectivity index (χ0) is 15.0. The maximum atomic E-state index is 13.3. The summed E-state index contributed by atoms with van der Waals surface area (Å²) in [5.74, 6) is 3.81. The number of benzene rings is 1. The first-order valence-corrected chi connectivity index (χ1v) is 10.8. The van der Waals surface area contributed by atoms with Crippen molar-refractivity contribution < 1.29 is 9.13 Å². The highest BCUT2D eigenvalue weighted by molar-refractivity contribution is 6.83. The molecule has 20 heavy (non-hydrogen) atoms. The van der Waals surface area contributed by atoms with Crippen LogP contribution in [0.1, 0.15) is 31.7 Å². The van der Waals surface area contributed by atoms with Crippen LogP contribution in [0.3, 0.4) is 0 Å². The highest BCUT2D eigenvalue weighted by Crippen LogP contribution is 2.21. The molecule has 0 bridgehead atoms. The summed E-state index contributed by atoms with van der Waals surface area (Å²) in [6.07, 6.45) is 3.62. The average molecular weight is 292 g/mol. The Labute approximate surface area is 123 Å². The van der Waals surface area contributed by atoms with Crippen LogP contribution in [0.25, 0.3) is 0 Å². The van der Waals surface area contributed by atoms with Crippen LogP contribution < -0.4 is 4.74 Å². The minimum absolute atomic E-state index is 0.207. The lowest BCUT2D eigenvalue weighted by Gasteiger charge is -2.10. The SMILES string of the molecule is CCCCOc1ccc(F)cc1CCC#C[Si](C)(C)C. The molecule has 0 N–H and O–H groups in total. The lowest BCUT2D eigenvalue weighted by molar-refractivity contribution is 0.306. The molecule has 0 saturated carbocycles. The maximum absolute atomic E-state index is 13.3. The number of unbranched alkanes of at least 4 members (excludes halogenated alkanes) is 1. The number of hydrogen-bond acceptors (Lipinski definition) is 1. The fourth-order valence-electron chi connectivity index (χ4n) is 1.74. The molecule has 1 rings (SSSR count). The van der Waals surface area contributed by atoms with E-state index in [1.165, 1.54) is 6.07 Å². The first-order valence-electron chi connectivity index (χ1n) is 7.33. The standard InChI is InChI=1S/C17H25FOSi/c1-5-6-12-19-17-11-10-16(18)14-15(17)9-7-8-13-20(2,3)4/h10-11,14H,5-7,9,12H2,1-4H3. The van der Waals surface area contributed by atoms with E-state index in [2.05, 4.69) is 38.0 Å². The molecule has 3 heteroatoms. The molecule has 110 valence electrons. The van der Waals surface area contributed by atoms with Crippen LogP contribution in [0.5, 0.6) is 5.75 Å². The van der Waals surface area contributed by atoms with E-state index in [1.54, 1.807) is 12.1 Å². The topological polar surface area (TPSA) is 9.23 Å². The van der Waals surface area contributed by atoms with E-state index in [0.29, 0.717) is 6.61 Å². The number of halogens is 1. The minimum atomic E-state index is -1.31. The summed E-state index contributed by atoms with van der Waals surface area (Å²) >= 11 is 0. The van der Waals surface area contributed by atoms with E-state index in [1.807, 2.05) is 0 Å². The Kier molecular flexibility index (Phi) is 6.81. The third kappa shape index (κ3) is 6.77. The van der Waals surface area contributed by atoms with Gasteiger partial charge in [0.25, 0.3) is 0 Å². The van der Waals surface area contributed by atoms with Gasteiger partial charge in [-0.3, -0.25) is 0 Å². The Morgan fingerprint density at radius 1 is 1.25 bits per heavy atom. The predicted molar refractivity (Wildman–Crippen MR) is 86.2 cm³/mol. The van der Waals surface area contributed by atoms with Crippen molar-refractivity contribution in [3.8, 4) is 17.2 Å². The molecule has 0 fully saturated rings. The van der Waals surface area contributed by atoms with Crippen LogP contribution in [0.15, 0.2) is 18.2 Å². The van der Waals surface area contributed by atoms with Crippen LogP contribution in [-0.2, 0) is 6.42 Å². The molecule has 0 spiro atoms. The zero-order valence-electron chi connectivity index (χ0n) is 13.1. The van der Waals surface area contributed by atoms with Crippen molar-refractivity contribution in [1.82, 2.24) is 0 Å². The molecule has 0 saturated heterocycles. The van der Waals surface area contributed by atoms with E-state index in [9.17, 15) is 4.39 Å². The van der Waals surface area contributed by atoms with Crippen molar-refractivity contribution in [2.45, 2.75) is 52.2 Å². The van der Waals surface area contributed by atoms with Gasteiger partial charge in [-0.1, -0.05) is 33.0 Å². The molecule has 0 radical (unpaired) electrons. The fraction of sp³-hybridized carbons (Fsp3) is 0.529. The number of ether oxygens (including phenoxy) is 1. The summed E-state index contributed by atoms with van der Waals surface area (Å²) in [4.78, 5) is 0.